The summed E-state index contributed by atoms with van der Waals surface area (Å²) in [6.07, 6.45) is -0.685. The number of hydrogen-bond donors (Lipinski definition) is 1. The van der Waals surface area contributed by atoms with E-state index in [-0.39, 0.29) is 5.91 Å². The number of para-hydroxylation sites is 1. The van der Waals surface area contributed by atoms with Crippen molar-refractivity contribution in [3.8, 4) is 5.75 Å². The van der Waals surface area contributed by atoms with Gasteiger partial charge in [-0.1, -0.05) is 38.1 Å². The highest BCUT2D eigenvalue weighted by molar-refractivity contribution is 5.97. The fourth-order valence-corrected chi connectivity index (χ4v) is 2.64. The molecule has 2 aromatic rings. The Bertz CT molecular complexity index is 814. The topological polar surface area (TPSA) is 64.6 Å². The number of anilines is 1. The number of carbonyl (C=O) groups is 2. The predicted molar refractivity (Wildman–Crippen MR) is 106 cm³/mol. The van der Waals surface area contributed by atoms with Crippen molar-refractivity contribution in [1.29, 1.82) is 0 Å². The van der Waals surface area contributed by atoms with E-state index in [0.717, 1.165) is 11.1 Å². The fourth-order valence-electron chi connectivity index (χ4n) is 2.64. The van der Waals surface area contributed by atoms with E-state index in [1.54, 1.807) is 32.0 Å². The van der Waals surface area contributed by atoms with E-state index in [2.05, 4.69) is 19.2 Å². The van der Waals surface area contributed by atoms with Crippen molar-refractivity contribution in [2.24, 2.45) is 0 Å². The number of aryl methyl sites for hydroxylation is 1. The molecule has 0 radical (unpaired) electrons. The van der Waals surface area contributed by atoms with E-state index < -0.39 is 12.1 Å². The van der Waals surface area contributed by atoms with Gasteiger partial charge in [-0.2, -0.15) is 0 Å². The highest BCUT2D eigenvalue weighted by Gasteiger charge is 2.19. The van der Waals surface area contributed by atoms with Crippen LogP contribution in [0.1, 0.15) is 55.1 Å². The van der Waals surface area contributed by atoms with Crippen LogP contribution in [0.15, 0.2) is 42.5 Å². The van der Waals surface area contributed by atoms with Crippen molar-refractivity contribution < 1.29 is 19.1 Å². The van der Waals surface area contributed by atoms with Crippen LogP contribution in [0.3, 0.4) is 0 Å². The van der Waals surface area contributed by atoms with Gasteiger partial charge in [-0.15, -0.1) is 0 Å². The van der Waals surface area contributed by atoms with E-state index in [9.17, 15) is 9.59 Å². The maximum atomic E-state index is 12.6. The van der Waals surface area contributed by atoms with Gasteiger partial charge in [-0.05, 0) is 56.0 Å². The molecule has 2 aromatic carbocycles. The first-order chi connectivity index (χ1) is 12.8. The molecular formula is C22H27NO4. The summed E-state index contributed by atoms with van der Waals surface area (Å²) in [5.74, 6) is 0.299. The molecule has 0 saturated carbocycles. The Hall–Kier alpha value is -2.82. The van der Waals surface area contributed by atoms with Crippen LogP contribution < -0.4 is 10.1 Å². The van der Waals surface area contributed by atoms with Gasteiger partial charge >= 0.3 is 5.97 Å². The van der Waals surface area contributed by atoms with Gasteiger partial charge in [0.25, 0.3) is 5.91 Å². The summed E-state index contributed by atoms with van der Waals surface area (Å²) in [7, 11) is 0. The molecule has 0 saturated heterocycles. The van der Waals surface area contributed by atoms with Crippen molar-refractivity contribution in [1.82, 2.24) is 0 Å². The molecule has 2 rings (SSSR count). The molecule has 144 valence electrons. The van der Waals surface area contributed by atoms with Gasteiger partial charge in [0.05, 0.1) is 12.2 Å². The normalized spacial score (nSPS) is 11.8. The van der Waals surface area contributed by atoms with Crippen molar-refractivity contribution in [3.63, 3.8) is 0 Å². The summed E-state index contributed by atoms with van der Waals surface area (Å²) < 4.78 is 10.9. The molecule has 5 heteroatoms. The minimum absolute atomic E-state index is 0.280. The molecule has 1 atom stereocenters. The molecule has 1 N–H and O–H groups in total. The number of nitrogens with one attached hydrogen (secondary N) is 1. The average Bonchev–Trinajstić information content (AvgIpc) is 2.63. The van der Waals surface area contributed by atoms with Gasteiger partial charge in [0.1, 0.15) is 5.75 Å². The van der Waals surface area contributed by atoms with Crippen LogP contribution in [0.4, 0.5) is 5.69 Å². The summed E-state index contributed by atoms with van der Waals surface area (Å²) in [6, 6.07) is 12.8. The lowest BCUT2D eigenvalue weighted by atomic mass is 10.0. The maximum Gasteiger partial charge on any atom is 0.338 e. The van der Waals surface area contributed by atoms with E-state index in [1.807, 2.05) is 31.2 Å². The molecular weight excluding hydrogens is 342 g/mol. The van der Waals surface area contributed by atoms with Crippen LogP contribution in [0.25, 0.3) is 0 Å². The lowest BCUT2D eigenvalue weighted by Gasteiger charge is -2.19. The third kappa shape index (κ3) is 5.33. The number of carbonyl (C=O) groups excluding carboxylic acids is 2. The molecule has 0 aliphatic carbocycles. The molecule has 0 heterocycles. The molecule has 0 unspecified atom stereocenters. The van der Waals surface area contributed by atoms with E-state index >= 15 is 0 Å². The van der Waals surface area contributed by atoms with Crippen LogP contribution >= 0.6 is 0 Å². The third-order valence-corrected chi connectivity index (χ3v) is 4.22. The predicted octanol–water partition coefficient (Wildman–Crippen LogP) is 4.70. The summed E-state index contributed by atoms with van der Waals surface area (Å²) in [5, 5.41) is 2.84. The zero-order chi connectivity index (χ0) is 20.0. The fraction of sp³-hybridized carbons (Fsp3) is 0.364. The number of rotatable bonds is 7. The van der Waals surface area contributed by atoms with Crippen LogP contribution in [-0.2, 0) is 9.53 Å². The molecule has 0 spiro atoms. The second-order valence-electron chi connectivity index (χ2n) is 6.69. The van der Waals surface area contributed by atoms with Gasteiger partial charge in [-0.3, -0.25) is 4.79 Å². The molecule has 27 heavy (non-hydrogen) atoms. The lowest BCUT2D eigenvalue weighted by Crippen LogP contribution is -2.30. The Labute approximate surface area is 160 Å². The summed E-state index contributed by atoms with van der Waals surface area (Å²) in [6.45, 7) is 9.78. The van der Waals surface area contributed by atoms with Gasteiger partial charge in [0.15, 0.2) is 6.10 Å². The smallest absolute Gasteiger partial charge is 0.338 e. The first kappa shape index (κ1) is 20.5. The molecule has 0 aliphatic rings. The highest BCUT2D eigenvalue weighted by atomic mass is 16.5. The Kier molecular flexibility index (Phi) is 6.99. The minimum atomic E-state index is -0.685. The molecule has 0 aliphatic heterocycles. The number of amides is 1. The monoisotopic (exact) mass is 369 g/mol. The number of hydrogen-bond acceptors (Lipinski definition) is 4. The third-order valence-electron chi connectivity index (χ3n) is 4.22. The molecule has 0 fully saturated rings. The second-order valence-corrected chi connectivity index (χ2v) is 6.69. The molecule has 1 amide bonds. The Balaban J connectivity index is 2.13. The lowest BCUT2D eigenvalue weighted by molar-refractivity contribution is -0.122. The maximum absolute atomic E-state index is 12.6. The Morgan fingerprint density at radius 2 is 1.78 bits per heavy atom. The first-order valence-corrected chi connectivity index (χ1v) is 9.17. The van der Waals surface area contributed by atoms with E-state index in [4.69, 9.17) is 9.47 Å². The molecule has 0 aromatic heterocycles. The number of benzene rings is 2. The van der Waals surface area contributed by atoms with E-state index in [1.165, 1.54) is 0 Å². The van der Waals surface area contributed by atoms with Gasteiger partial charge in [0.2, 0.25) is 0 Å². The van der Waals surface area contributed by atoms with E-state index in [0.29, 0.717) is 29.5 Å². The van der Waals surface area contributed by atoms with Gasteiger partial charge in [-0.25, -0.2) is 4.79 Å². The Morgan fingerprint density at radius 1 is 1.07 bits per heavy atom. The van der Waals surface area contributed by atoms with Crippen LogP contribution in [0.2, 0.25) is 0 Å². The zero-order valence-electron chi connectivity index (χ0n) is 16.5. The first-order valence-electron chi connectivity index (χ1n) is 9.17. The van der Waals surface area contributed by atoms with Gasteiger partial charge in [0, 0.05) is 5.69 Å². The van der Waals surface area contributed by atoms with Crippen molar-refractivity contribution in [2.75, 3.05) is 11.9 Å². The number of ether oxygens (including phenoxy) is 2. The zero-order valence-corrected chi connectivity index (χ0v) is 16.5. The molecule has 0 bridgehead atoms. The highest BCUT2D eigenvalue weighted by Crippen LogP contribution is 2.27. The van der Waals surface area contributed by atoms with Crippen LogP contribution in [0, 0.1) is 6.92 Å². The number of esters is 1. The van der Waals surface area contributed by atoms with Crippen molar-refractivity contribution in [2.45, 2.75) is 46.6 Å². The van der Waals surface area contributed by atoms with Crippen molar-refractivity contribution in [3.05, 3.63) is 59.2 Å². The SMILES string of the molecule is CCOC(=O)c1ccc(C)c(NC(=O)[C@@H](C)Oc2ccccc2C(C)C)c1. The van der Waals surface area contributed by atoms with Crippen LogP contribution in [0.5, 0.6) is 5.75 Å². The van der Waals surface area contributed by atoms with Crippen LogP contribution in [-0.4, -0.2) is 24.6 Å². The summed E-state index contributed by atoms with van der Waals surface area (Å²) in [4.78, 5) is 24.5. The quantitative estimate of drug-likeness (QED) is 0.719. The minimum Gasteiger partial charge on any atom is -0.481 e. The summed E-state index contributed by atoms with van der Waals surface area (Å²) in [5.41, 5.74) is 2.87. The second kappa shape index (κ2) is 9.21. The summed E-state index contributed by atoms with van der Waals surface area (Å²) >= 11 is 0. The molecule has 5 nitrogen and oxygen atoms in total. The van der Waals surface area contributed by atoms with Gasteiger partial charge < -0.3 is 14.8 Å². The largest absolute Gasteiger partial charge is 0.481 e. The van der Waals surface area contributed by atoms with Crippen molar-refractivity contribution >= 4 is 17.6 Å². The standard InChI is InChI=1S/C22H27NO4/c1-6-26-22(25)17-12-11-15(4)19(13-17)23-21(24)16(5)27-20-10-8-7-9-18(20)14(2)3/h7-14,16H,6H2,1-5H3,(H,23,24)/t16-/m1/s1. The average molecular weight is 369 g/mol. The Morgan fingerprint density at radius 3 is 2.44 bits per heavy atom.